The molecule has 0 spiro atoms. The summed E-state index contributed by atoms with van der Waals surface area (Å²) in [5.41, 5.74) is 2.03. The van der Waals surface area contributed by atoms with Gasteiger partial charge in [-0.05, 0) is 64.0 Å². The molecule has 3 fully saturated rings. The highest BCUT2D eigenvalue weighted by molar-refractivity contribution is 5.88. The maximum absolute atomic E-state index is 13.3. The Hall–Kier alpha value is -3.72. The highest BCUT2D eigenvalue weighted by Gasteiger charge is 2.53. The first-order chi connectivity index (χ1) is 20.4. The van der Waals surface area contributed by atoms with Crippen molar-refractivity contribution in [2.75, 3.05) is 59.7 Å². The summed E-state index contributed by atoms with van der Waals surface area (Å²) < 4.78 is 18.6. The van der Waals surface area contributed by atoms with Gasteiger partial charge in [0.2, 0.25) is 0 Å². The van der Waals surface area contributed by atoms with Gasteiger partial charge in [-0.3, -0.25) is 9.69 Å². The summed E-state index contributed by atoms with van der Waals surface area (Å²) >= 11 is 0. The van der Waals surface area contributed by atoms with E-state index in [1.807, 2.05) is 32.1 Å². The molecule has 2 saturated heterocycles. The molecule has 0 unspecified atom stereocenters. The maximum atomic E-state index is 13.3. The number of ether oxygens (including phenoxy) is 3. The van der Waals surface area contributed by atoms with Gasteiger partial charge < -0.3 is 24.4 Å². The van der Waals surface area contributed by atoms with Gasteiger partial charge >= 0.3 is 0 Å². The summed E-state index contributed by atoms with van der Waals surface area (Å²) in [5.74, 6) is 1.45. The van der Waals surface area contributed by atoms with E-state index in [4.69, 9.17) is 14.2 Å². The quantitative estimate of drug-likeness (QED) is 0.321. The van der Waals surface area contributed by atoms with Gasteiger partial charge in [-0.2, -0.15) is 10.4 Å². The molecule has 0 atom stereocenters. The average Bonchev–Trinajstić information content (AvgIpc) is 3.71. The van der Waals surface area contributed by atoms with Crippen molar-refractivity contribution in [3.63, 3.8) is 0 Å². The number of morpholine rings is 1. The van der Waals surface area contributed by atoms with E-state index in [9.17, 15) is 10.1 Å². The van der Waals surface area contributed by atoms with Gasteiger partial charge in [0.05, 0.1) is 48.8 Å². The number of nitrogens with one attached hydrogen (secondary N) is 1. The fraction of sp³-hybridized carbons (Fsp3) is 0.548. The average molecular weight is 576 g/mol. The number of carbonyl (C=O) groups excluding carboxylic acids is 1. The van der Waals surface area contributed by atoms with E-state index in [1.54, 1.807) is 24.0 Å². The first-order valence-corrected chi connectivity index (χ1v) is 14.7. The molecular formula is C31H41N7O4. The van der Waals surface area contributed by atoms with Crippen LogP contribution in [0.1, 0.15) is 50.7 Å². The largest absolute Gasteiger partial charge is 0.492 e. The number of allylic oxidation sites excluding steroid dienone is 3. The van der Waals surface area contributed by atoms with Crippen LogP contribution in [-0.4, -0.2) is 103 Å². The van der Waals surface area contributed by atoms with Crippen molar-refractivity contribution in [2.45, 2.75) is 50.7 Å². The summed E-state index contributed by atoms with van der Waals surface area (Å²) in [5, 5.41) is 17.4. The van der Waals surface area contributed by atoms with E-state index in [0.29, 0.717) is 31.1 Å². The third kappa shape index (κ3) is 6.21. The number of hydrogen-bond donors (Lipinski definition) is 1. The molecule has 2 aliphatic heterocycles. The van der Waals surface area contributed by atoms with E-state index >= 15 is 0 Å². The van der Waals surface area contributed by atoms with Gasteiger partial charge in [-0.25, -0.2) is 9.51 Å². The first-order valence-electron chi connectivity index (χ1n) is 14.7. The van der Waals surface area contributed by atoms with Crippen LogP contribution >= 0.6 is 0 Å². The number of rotatable bonds is 11. The molecule has 1 N–H and O–H groups in total. The molecule has 42 heavy (non-hydrogen) atoms. The van der Waals surface area contributed by atoms with Crippen molar-refractivity contribution in [2.24, 2.45) is 4.99 Å². The summed E-state index contributed by atoms with van der Waals surface area (Å²) in [6.07, 6.45) is 10.4. The summed E-state index contributed by atoms with van der Waals surface area (Å²) in [6, 6.07) is 4.18. The molecule has 4 heterocycles. The summed E-state index contributed by atoms with van der Waals surface area (Å²) in [4.78, 5) is 22.2. The molecule has 1 saturated carbocycles. The number of piperidine rings is 1. The number of nitriles is 1. The standard InChI is InChI=1S/C31H41N7O4/c1-5-42-25-18-26(28-24(19-32)20-34-38(28)21-25)23(2)6-7-27(33-3)37-12-10-30(11-13-37,22-36-14-16-41-17-15-36)35-29(39)31(40-4)8-9-31/h6-7,18,20-21H,3,5,8-17,22H2,1-2,4H3,(H,35,39)/b23-6+,27-7+. The van der Waals surface area contributed by atoms with Crippen molar-refractivity contribution in [3.05, 3.63) is 47.6 Å². The van der Waals surface area contributed by atoms with Crippen molar-refractivity contribution >= 4 is 23.7 Å². The zero-order valence-electron chi connectivity index (χ0n) is 24.9. The van der Waals surface area contributed by atoms with Crippen LogP contribution in [-0.2, 0) is 14.3 Å². The first kappa shape index (κ1) is 29.8. The molecule has 1 amide bonds. The number of likely N-dealkylation sites (tertiary alicyclic amines) is 1. The number of amides is 1. The lowest BCUT2D eigenvalue weighted by Gasteiger charge is -2.46. The molecular weight excluding hydrogens is 534 g/mol. The van der Waals surface area contributed by atoms with Crippen LogP contribution < -0.4 is 10.1 Å². The number of aliphatic imine (C=N–C) groups is 1. The second-order valence-corrected chi connectivity index (χ2v) is 11.3. The monoisotopic (exact) mass is 575 g/mol. The van der Waals surface area contributed by atoms with Crippen LogP contribution in [0.25, 0.3) is 11.1 Å². The Morgan fingerprint density at radius 2 is 1.98 bits per heavy atom. The third-order valence-corrected chi connectivity index (χ3v) is 8.65. The Labute approximate surface area is 247 Å². The van der Waals surface area contributed by atoms with Crippen molar-refractivity contribution in [1.82, 2.24) is 24.7 Å². The van der Waals surface area contributed by atoms with Crippen LogP contribution in [0.2, 0.25) is 0 Å². The second-order valence-electron chi connectivity index (χ2n) is 11.3. The fourth-order valence-corrected chi connectivity index (χ4v) is 5.94. The van der Waals surface area contributed by atoms with Crippen LogP contribution in [0.5, 0.6) is 5.75 Å². The van der Waals surface area contributed by atoms with E-state index < -0.39 is 5.60 Å². The number of fused-ring (bicyclic) bond motifs is 1. The third-order valence-electron chi connectivity index (χ3n) is 8.65. The zero-order chi connectivity index (χ0) is 29.7. The van der Waals surface area contributed by atoms with Gasteiger partial charge in [0.15, 0.2) is 0 Å². The summed E-state index contributed by atoms with van der Waals surface area (Å²) in [6.45, 7) is 13.7. The Morgan fingerprint density at radius 1 is 1.24 bits per heavy atom. The lowest BCUT2D eigenvalue weighted by atomic mass is 9.86. The van der Waals surface area contributed by atoms with Gasteiger partial charge in [-0.1, -0.05) is 6.08 Å². The topological polar surface area (TPSA) is 117 Å². The van der Waals surface area contributed by atoms with Crippen molar-refractivity contribution in [1.29, 1.82) is 5.26 Å². The fourth-order valence-electron chi connectivity index (χ4n) is 5.94. The van der Waals surface area contributed by atoms with Crippen LogP contribution in [0.3, 0.4) is 0 Å². The molecule has 0 bridgehead atoms. The van der Waals surface area contributed by atoms with E-state index in [1.165, 1.54) is 0 Å². The van der Waals surface area contributed by atoms with E-state index in [2.05, 4.69) is 38.0 Å². The Balaban J connectivity index is 1.35. The van der Waals surface area contributed by atoms with Gasteiger partial charge in [0.1, 0.15) is 23.2 Å². The predicted molar refractivity (Wildman–Crippen MR) is 160 cm³/mol. The molecule has 2 aromatic rings. The number of pyridine rings is 1. The lowest BCUT2D eigenvalue weighted by molar-refractivity contribution is -0.136. The molecule has 224 valence electrons. The number of carbonyl (C=O) groups is 1. The molecule has 2 aromatic heterocycles. The number of hydrogen-bond acceptors (Lipinski definition) is 9. The zero-order valence-corrected chi connectivity index (χ0v) is 24.9. The molecule has 0 aromatic carbocycles. The maximum Gasteiger partial charge on any atom is 0.252 e. The minimum Gasteiger partial charge on any atom is -0.492 e. The molecule has 11 heteroatoms. The molecule has 0 radical (unpaired) electrons. The Bertz CT molecular complexity index is 1400. The Kier molecular flexibility index (Phi) is 8.96. The lowest BCUT2D eigenvalue weighted by Crippen LogP contribution is -2.63. The van der Waals surface area contributed by atoms with Gasteiger partial charge in [-0.15, -0.1) is 0 Å². The number of methoxy groups -OCH3 is 1. The van der Waals surface area contributed by atoms with E-state index in [-0.39, 0.29) is 11.4 Å². The SMILES string of the molecule is C=N/C(=C\C=C(/C)c1cc(OCC)cn2ncc(C#N)c12)N1CCC(CN2CCOCC2)(NC(=O)C2(OC)CC2)CC1. The molecule has 1 aliphatic carbocycles. The van der Waals surface area contributed by atoms with Gasteiger partial charge in [0, 0.05) is 45.4 Å². The Morgan fingerprint density at radius 3 is 2.60 bits per heavy atom. The minimum absolute atomic E-state index is 0.0000799. The number of nitrogens with zero attached hydrogens (tertiary/aromatic N) is 6. The minimum atomic E-state index is -0.670. The molecule has 5 rings (SSSR count). The van der Waals surface area contributed by atoms with Crippen molar-refractivity contribution in [3.8, 4) is 11.8 Å². The van der Waals surface area contributed by atoms with Gasteiger partial charge in [0.25, 0.3) is 5.91 Å². The van der Waals surface area contributed by atoms with Crippen LogP contribution in [0.15, 0.2) is 41.4 Å². The number of aromatic nitrogens is 2. The summed E-state index contributed by atoms with van der Waals surface area (Å²) in [7, 11) is 1.62. The molecule has 11 nitrogen and oxygen atoms in total. The van der Waals surface area contributed by atoms with Crippen LogP contribution in [0.4, 0.5) is 0 Å². The normalized spacial score (nSPS) is 20.7. The molecule has 3 aliphatic rings. The predicted octanol–water partition coefficient (Wildman–Crippen LogP) is 3.01. The van der Waals surface area contributed by atoms with Crippen LogP contribution in [0, 0.1) is 11.3 Å². The highest BCUT2D eigenvalue weighted by atomic mass is 16.5. The highest BCUT2D eigenvalue weighted by Crippen LogP contribution is 2.40. The van der Waals surface area contributed by atoms with Crippen molar-refractivity contribution < 1.29 is 19.0 Å². The van der Waals surface area contributed by atoms with E-state index in [0.717, 1.165) is 80.9 Å². The smallest absolute Gasteiger partial charge is 0.252 e. The second kappa shape index (κ2) is 12.7.